The highest BCUT2D eigenvalue weighted by atomic mass is 31.2. The Bertz CT molecular complexity index is 197. The molecule has 0 saturated carbocycles. The summed E-state index contributed by atoms with van der Waals surface area (Å²) in [6.07, 6.45) is 14.0. The molecule has 0 heterocycles. The van der Waals surface area contributed by atoms with Crippen LogP contribution in [0.25, 0.3) is 0 Å². The minimum atomic E-state index is -4.64. The van der Waals surface area contributed by atoms with Gasteiger partial charge in [0.05, 0.1) is 0 Å². The molecular formula is C14H33O5P. The highest BCUT2D eigenvalue weighted by molar-refractivity contribution is 7.45. The fraction of sp³-hybridized carbons (Fsp3) is 1.00. The molecule has 0 aliphatic carbocycles. The molecule has 5 nitrogen and oxygen atoms in total. The lowest BCUT2D eigenvalue weighted by atomic mass is 10.1. The van der Waals surface area contributed by atoms with Gasteiger partial charge in [0.2, 0.25) is 0 Å². The molecule has 0 rings (SSSR count). The minimum absolute atomic E-state index is 0.872. The van der Waals surface area contributed by atoms with Crippen molar-refractivity contribution in [2.24, 2.45) is 0 Å². The average molecular weight is 312 g/mol. The molecule has 0 aliphatic rings. The molecule has 0 amide bonds. The van der Waals surface area contributed by atoms with Crippen molar-refractivity contribution < 1.29 is 24.0 Å². The Morgan fingerprint density at radius 3 is 1.45 bits per heavy atom. The van der Waals surface area contributed by atoms with Gasteiger partial charge in [0, 0.05) is 13.2 Å². The summed E-state index contributed by atoms with van der Waals surface area (Å²) in [5, 5.41) is 0. The molecule has 6 heteroatoms. The second-order valence-corrected chi connectivity index (χ2v) is 5.92. The van der Waals surface area contributed by atoms with Crippen molar-refractivity contribution in [3.8, 4) is 0 Å². The molecule has 20 heavy (non-hydrogen) atoms. The van der Waals surface area contributed by atoms with E-state index in [1.165, 1.54) is 64.2 Å². The van der Waals surface area contributed by atoms with E-state index in [1.54, 1.807) is 0 Å². The maximum absolute atomic E-state index is 8.88. The van der Waals surface area contributed by atoms with Crippen molar-refractivity contribution in [1.29, 1.82) is 0 Å². The van der Waals surface area contributed by atoms with Crippen LogP contribution in [0.5, 0.6) is 0 Å². The second kappa shape index (κ2) is 17.1. The SMILES string of the molecule is CCCCCCCCCCCCOCC.O=P(O)(O)O. The van der Waals surface area contributed by atoms with Gasteiger partial charge in [0.25, 0.3) is 0 Å². The highest BCUT2D eigenvalue weighted by Gasteiger charge is 2.00. The topological polar surface area (TPSA) is 87.0 Å². The lowest BCUT2D eigenvalue weighted by molar-refractivity contribution is 0.143. The van der Waals surface area contributed by atoms with E-state index >= 15 is 0 Å². The summed E-state index contributed by atoms with van der Waals surface area (Å²) in [6.45, 7) is 6.18. The van der Waals surface area contributed by atoms with Gasteiger partial charge in [-0.1, -0.05) is 64.7 Å². The standard InChI is InChI=1S/C14H30O.H3O4P/c1-3-5-6-7-8-9-10-11-12-13-14-15-4-2;1-5(2,3)4/h3-14H2,1-2H3;(H3,1,2,3,4). The third-order valence-electron chi connectivity index (χ3n) is 2.85. The van der Waals surface area contributed by atoms with Crippen molar-refractivity contribution in [2.45, 2.75) is 78.1 Å². The molecule has 124 valence electrons. The first-order valence-corrected chi connectivity index (χ1v) is 9.34. The molecule has 0 atom stereocenters. The van der Waals surface area contributed by atoms with Gasteiger partial charge in [-0.2, -0.15) is 0 Å². The van der Waals surface area contributed by atoms with Gasteiger partial charge in [-0.05, 0) is 13.3 Å². The number of rotatable bonds is 12. The summed E-state index contributed by atoms with van der Waals surface area (Å²) in [7, 11) is -4.64. The van der Waals surface area contributed by atoms with Crippen LogP contribution in [0, 0.1) is 0 Å². The molecule has 0 aromatic rings. The fourth-order valence-corrected chi connectivity index (χ4v) is 1.84. The lowest BCUT2D eigenvalue weighted by Crippen LogP contribution is -1.92. The van der Waals surface area contributed by atoms with Crippen molar-refractivity contribution in [1.82, 2.24) is 0 Å². The van der Waals surface area contributed by atoms with Crippen LogP contribution in [0.2, 0.25) is 0 Å². The van der Waals surface area contributed by atoms with Crippen molar-refractivity contribution >= 4 is 7.82 Å². The van der Waals surface area contributed by atoms with Crippen LogP contribution in [-0.2, 0) is 9.30 Å². The van der Waals surface area contributed by atoms with Gasteiger partial charge in [0.15, 0.2) is 0 Å². The van der Waals surface area contributed by atoms with Gasteiger partial charge in [0.1, 0.15) is 0 Å². The van der Waals surface area contributed by atoms with E-state index in [2.05, 4.69) is 13.8 Å². The van der Waals surface area contributed by atoms with Crippen LogP contribution in [0.4, 0.5) is 0 Å². The van der Waals surface area contributed by atoms with E-state index in [1.807, 2.05) is 0 Å². The quantitative estimate of drug-likeness (QED) is 0.374. The lowest BCUT2D eigenvalue weighted by Gasteiger charge is -2.02. The Morgan fingerprint density at radius 1 is 0.750 bits per heavy atom. The van der Waals surface area contributed by atoms with Crippen LogP contribution in [0.3, 0.4) is 0 Å². The molecule has 0 radical (unpaired) electrons. The van der Waals surface area contributed by atoms with Gasteiger partial charge in [-0.15, -0.1) is 0 Å². The maximum atomic E-state index is 8.88. The summed E-state index contributed by atoms with van der Waals surface area (Å²) >= 11 is 0. The second-order valence-electron chi connectivity index (χ2n) is 4.89. The van der Waals surface area contributed by atoms with Gasteiger partial charge in [-0.25, -0.2) is 4.57 Å². The molecule has 0 aliphatic heterocycles. The molecule has 0 aromatic heterocycles. The highest BCUT2D eigenvalue weighted by Crippen LogP contribution is 2.25. The third kappa shape index (κ3) is 36.1. The van der Waals surface area contributed by atoms with E-state index in [4.69, 9.17) is 24.0 Å². The molecule has 0 unspecified atom stereocenters. The number of ether oxygens (including phenoxy) is 1. The van der Waals surface area contributed by atoms with E-state index in [0.717, 1.165) is 13.2 Å². The Hall–Kier alpha value is 0.0700. The summed E-state index contributed by atoms with van der Waals surface area (Å²) in [5.41, 5.74) is 0. The Morgan fingerprint density at radius 2 is 1.10 bits per heavy atom. The van der Waals surface area contributed by atoms with E-state index in [0.29, 0.717) is 0 Å². The van der Waals surface area contributed by atoms with Crippen LogP contribution in [-0.4, -0.2) is 27.9 Å². The Balaban J connectivity index is 0. The average Bonchev–Trinajstić information content (AvgIpc) is 2.34. The van der Waals surface area contributed by atoms with Crippen LogP contribution in [0.1, 0.15) is 78.1 Å². The predicted octanol–water partition coefficient (Wildman–Crippen LogP) is 4.02. The molecule has 3 N–H and O–H groups in total. The van der Waals surface area contributed by atoms with Gasteiger partial charge in [-0.3, -0.25) is 0 Å². The minimum Gasteiger partial charge on any atom is -0.382 e. The zero-order chi connectivity index (χ0) is 15.7. The number of phosphoric acid groups is 1. The van der Waals surface area contributed by atoms with Gasteiger partial charge >= 0.3 is 7.82 Å². The van der Waals surface area contributed by atoms with Crippen LogP contribution < -0.4 is 0 Å². The monoisotopic (exact) mass is 312 g/mol. The summed E-state index contributed by atoms with van der Waals surface area (Å²) in [6, 6.07) is 0. The fourth-order valence-electron chi connectivity index (χ4n) is 1.84. The van der Waals surface area contributed by atoms with Crippen molar-refractivity contribution in [2.75, 3.05) is 13.2 Å². The zero-order valence-electron chi connectivity index (χ0n) is 13.1. The van der Waals surface area contributed by atoms with Crippen molar-refractivity contribution in [3.05, 3.63) is 0 Å². The van der Waals surface area contributed by atoms with Gasteiger partial charge < -0.3 is 19.4 Å². The maximum Gasteiger partial charge on any atom is 0.466 e. The Labute approximate surface area is 124 Å². The summed E-state index contributed by atoms with van der Waals surface area (Å²) in [5.74, 6) is 0. The first-order valence-electron chi connectivity index (χ1n) is 7.77. The number of hydrogen-bond donors (Lipinski definition) is 3. The van der Waals surface area contributed by atoms with Crippen LogP contribution >= 0.6 is 7.82 Å². The summed E-state index contributed by atoms with van der Waals surface area (Å²) in [4.78, 5) is 21.6. The third-order valence-corrected chi connectivity index (χ3v) is 2.85. The van der Waals surface area contributed by atoms with E-state index in [9.17, 15) is 0 Å². The first kappa shape index (κ1) is 22.4. The van der Waals surface area contributed by atoms with Crippen LogP contribution in [0.15, 0.2) is 0 Å². The number of unbranched alkanes of at least 4 members (excludes halogenated alkanes) is 9. The first-order chi connectivity index (χ1) is 9.41. The molecule has 0 aromatic carbocycles. The predicted molar refractivity (Wildman–Crippen MR) is 82.6 cm³/mol. The molecule has 0 fully saturated rings. The smallest absolute Gasteiger partial charge is 0.382 e. The zero-order valence-corrected chi connectivity index (χ0v) is 14.0. The normalized spacial score (nSPS) is 11.1. The largest absolute Gasteiger partial charge is 0.466 e. The molecule has 0 bridgehead atoms. The van der Waals surface area contributed by atoms with E-state index < -0.39 is 7.82 Å². The van der Waals surface area contributed by atoms with Crippen molar-refractivity contribution in [3.63, 3.8) is 0 Å². The Kier molecular flexibility index (Phi) is 19.1. The molecule has 0 saturated heterocycles. The number of hydrogen-bond acceptors (Lipinski definition) is 2. The molecule has 0 spiro atoms. The molecular weight excluding hydrogens is 279 g/mol. The van der Waals surface area contributed by atoms with E-state index in [-0.39, 0.29) is 0 Å². The summed E-state index contributed by atoms with van der Waals surface area (Å²) < 4.78 is 14.2.